The molecule has 2 unspecified atom stereocenters. The summed E-state index contributed by atoms with van der Waals surface area (Å²) in [5.41, 5.74) is -0.125. The van der Waals surface area contributed by atoms with Gasteiger partial charge in [0.15, 0.2) is 5.78 Å². The third kappa shape index (κ3) is 3.34. The van der Waals surface area contributed by atoms with E-state index in [4.69, 9.17) is 9.47 Å². The second kappa shape index (κ2) is 6.32. The Balaban J connectivity index is 2.15. The molecule has 0 amide bonds. The zero-order valence-corrected chi connectivity index (χ0v) is 12.3. The molecule has 0 saturated heterocycles. The van der Waals surface area contributed by atoms with Crippen molar-refractivity contribution in [1.29, 1.82) is 0 Å². The number of methoxy groups -OCH3 is 1. The molecule has 0 radical (unpaired) electrons. The van der Waals surface area contributed by atoms with Crippen molar-refractivity contribution in [2.75, 3.05) is 7.11 Å². The average molecular weight is 299 g/mol. The molecule has 1 aromatic heterocycles. The van der Waals surface area contributed by atoms with Crippen molar-refractivity contribution in [3.05, 3.63) is 21.1 Å². The van der Waals surface area contributed by atoms with E-state index in [9.17, 15) is 14.9 Å². The highest BCUT2D eigenvalue weighted by molar-refractivity contribution is 7.16. The fourth-order valence-electron chi connectivity index (χ4n) is 2.32. The Bertz CT molecular complexity index is 513. The number of ether oxygens (including phenoxy) is 2. The van der Waals surface area contributed by atoms with Crippen LogP contribution in [0.15, 0.2) is 6.07 Å². The first-order valence-electron chi connectivity index (χ1n) is 6.50. The van der Waals surface area contributed by atoms with Crippen LogP contribution in [0.25, 0.3) is 0 Å². The molecule has 1 saturated carbocycles. The highest BCUT2D eigenvalue weighted by Gasteiger charge is 2.28. The summed E-state index contributed by atoms with van der Waals surface area (Å²) in [4.78, 5) is 22.2. The first kappa shape index (κ1) is 14.9. The maximum Gasteiger partial charge on any atom is 0.323 e. The van der Waals surface area contributed by atoms with Gasteiger partial charge in [0.25, 0.3) is 5.06 Å². The normalized spacial score (nSPS) is 22.5. The minimum Gasteiger partial charge on any atom is -0.476 e. The Kier molecular flexibility index (Phi) is 4.72. The molecule has 0 aliphatic heterocycles. The summed E-state index contributed by atoms with van der Waals surface area (Å²) in [6, 6.07) is 1.29. The zero-order chi connectivity index (χ0) is 14.7. The molecule has 7 heteroatoms. The lowest BCUT2D eigenvalue weighted by molar-refractivity contribution is -0.385. The second-order valence-corrected chi connectivity index (χ2v) is 5.88. The molecule has 2 atom stereocenters. The molecule has 1 aromatic rings. The van der Waals surface area contributed by atoms with Gasteiger partial charge < -0.3 is 9.47 Å². The minimum absolute atomic E-state index is 0.0918. The fraction of sp³-hybridized carbons (Fsp3) is 0.615. The van der Waals surface area contributed by atoms with Crippen LogP contribution >= 0.6 is 11.3 Å². The lowest BCUT2D eigenvalue weighted by atomic mass is 9.95. The Morgan fingerprint density at radius 2 is 2.15 bits per heavy atom. The van der Waals surface area contributed by atoms with Gasteiger partial charge in [-0.3, -0.25) is 14.9 Å². The predicted molar refractivity (Wildman–Crippen MR) is 74.7 cm³/mol. The number of rotatable bonds is 5. The van der Waals surface area contributed by atoms with Gasteiger partial charge in [0.1, 0.15) is 6.10 Å². The SMILES string of the molecule is COC1CCCC(Oc2sc(C(C)=O)cc2[N+](=O)[O-])C1. The van der Waals surface area contributed by atoms with Crippen LogP contribution in [0.3, 0.4) is 0 Å². The molecule has 1 aliphatic carbocycles. The Morgan fingerprint density at radius 1 is 1.45 bits per heavy atom. The summed E-state index contributed by atoms with van der Waals surface area (Å²) in [5, 5.41) is 11.2. The summed E-state index contributed by atoms with van der Waals surface area (Å²) < 4.78 is 11.1. The Hall–Kier alpha value is -1.47. The van der Waals surface area contributed by atoms with Crippen LogP contribution in [-0.4, -0.2) is 30.0 Å². The van der Waals surface area contributed by atoms with Crippen molar-refractivity contribution in [2.45, 2.75) is 44.8 Å². The number of nitrogens with zero attached hydrogens (tertiary/aromatic N) is 1. The smallest absolute Gasteiger partial charge is 0.323 e. The lowest BCUT2D eigenvalue weighted by Crippen LogP contribution is -2.29. The average Bonchev–Trinajstić information content (AvgIpc) is 2.83. The lowest BCUT2D eigenvalue weighted by Gasteiger charge is -2.27. The number of Topliss-reactive ketones (excluding diaryl/α,β-unsaturated/α-hetero) is 1. The monoisotopic (exact) mass is 299 g/mol. The van der Waals surface area contributed by atoms with E-state index in [0.717, 1.165) is 37.0 Å². The van der Waals surface area contributed by atoms with Gasteiger partial charge in [-0.05, 0) is 26.2 Å². The molecule has 1 aliphatic rings. The van der Waals surface area contributed by atoms with Crippen LogP contribution < -0.4 is 4.74 Å². The van der Waals surface area contributed by atoms with E-state index < -0.39 is 4.92 Å². The van der Waals surface area contributed by atoms with Crippen molar-refractivity contribution in [2.24, 2.45) is 0 Å². The summed E-state index contributed by atoms with van der Waals surface area (Å²) in [6.45, 7) is 1.39. The molecule has 0 bridgehead atoms. The third-order valence-corrected chi connectivity index (χ3v) is 4.52. The van der Waals surface area contributed by atoms with Crippen LogP contribution in [0.1, 0.15) is 42.3 Å². The fourth-order valence-corrected chi connectivity index (χ4v) is 3.26. The quantitative estimate of drug-likeness (QED) is 0.474. The predicted octanol–water partition coefficient (Wildman–Crippen LogP) is 3.20. The number of carbonyl (C=O) groups excluding carboxylic acids is 1. The summed E-state index contributed by atoms with van der Waals surface area (Å²) in [6.07, 6.45) is 3.58. The summed E-state index contributed by atoms with van der Waals surface area (Å²) in [7, 11) is 1.66. The molecule has 0 aromatic carbocycles. The maximum absolute atomic E-state index is 11.3. The second-order valence-electron chi connectivity index (χ2n) is 4.86. The first-order chi connectivity index (χ1) is 9.51. The number of thiophene rings is 1. The molecule has 1 heterocycles. The van der Waals surface area contributed by atoms with Gasteiger partial charge in [-0.1, -0.05) is 11.3 Å². The van der Waals surface area contributed by atoms with Crippen LogP contribution in [0, 0.1) is 10.1 Å². The van der Waals surface area contributed by atoms with Crippen molar-refractivity contribution >= 4 is 22.8 Å². The molecular formula is C13H17NO5S. The van der Waals surface area contributed by atoms with Gasteiger partial charge >= 0.3 is 5.69 Å². The largest absolute Gasteiger partial charge is 0.476 e. The zero-order valence-electron chi connectivity index (χ0n) is 11.5. The van der Waals surface area contributed by atoms with E-state index in [-0.39, 0.29) is 28.7 Å². The van der Waals surface area contributed by atoms with Crippen LogP contribution in [0.4, 0.5) is 5.69 Å². The van der Waals surface area contributed by atoms with Crippen molar-refractivity contribution in [3.8, 4) is 5.06 Å². The molecule has 0 N–H and O–H groups in total. The van der Waals surface area contributed by atoms with E-state index in [1.165, 1.54) is 13.0 Å². The first-order valence-corrected chi connectivity index (χ1v) is 7.31. The summed E-state index contributed by atoms with van der Waals surface area (Å²) in [5.74, 6) is -0.189. The van der Waals surface area contributed by atoms with Crippen LogP contribution in [0.2, 0.25) is 0 Å². The highest BCUT2D eigenvalue weighted by Crippen LogP contribution is 2.39. The van der Waals surface area contributed by atoms with Crippen LogP contribution in [-0.2, 0) is 4.74 Å². The van der Waals surface area contributed by atoms with Crippen molar-refractivity contribution in [1.82, 2.24) is 0 Å². The Labute approximate surface area is 120 Å². The molecular weight excluding hydrogens is 282 g/mol. The standard InChI is InChI=1S/C13H17NO5S/c1-8(15)12-7-11(14(16)17)13(20-12)19-10-5-3-4-9(6-10)18-2/h7,9-10H,3-6H2,1-2H3. The third-order valence-electron chi connectivity index (χ3n) is 3.41. The molecule has 6 nitrogen and oxygen atoms in total. The molecule has 0 spiro atoms. The van der Waals surface area contributed by atoms with E-state index in [2.05, 4.69) is 0 Å². The van der Waals surface area contributed by atoms with Gasteiger partial charge in [-0.15, -0.1) is 0 Å². The molecule has 1 fully saturated rings. The van der Waals surface area contributed by atoms with E-state index in [0.29, 0.717) is 4.88 Å². The molecule has 20 heavy (non-hydrogen) atoms. The summed E-state index contributed by atoms with van der Waals surface area (Å²) >= 11 is 1.04. The number of ketones is 1. The maximum atomic E-state index is 11.3. The Morgan fingerprint density at radius 3 is 2.75 bits per heavy atom. The van der Waals surface area contributed by atoms with Crippen molar-refractivity contribution in [3.63, 3.8) is 0 Å². The van der Waals surface area contributed by atoms with Gasteiger partial charge in [0, 0.05) is 19.6 Å². The van der Waals surface area contributed by atoms with Gasteiger partial charge in [-0.2, -0.15) is 0 Å². The van der Waals surface area contributed by atoms with Gasteiger partial charge in [-0.25, -0.2) is 0 Å². The number of nitro groups is 1. The molecule has 110 valence electrons. The van der Waals surface area contributed by atoms with Gasteiger partial charge in [0.05, 0.1) is 15.9 Å². The van der Waals surface area contributed by atoms with Gasteiger partial charge in [0.2, 0.25) is 0 Å². The topological polar surface area (TPSA) is 78.7 Å². The highest BCUT2D eigenvalue weighted by atomic mass is 32.1. The number of hydrogen-bond donors (Lipinski definition) is 0. The van der Waals surface area contributed by atoms with E-state index in [1.54, 1.807) is 7.11 Å². The van der Waals surface area contributed by atoms with Crippen molar-refractivity contribution < 1.29 is 19.2 Å². The van der Waals surface area contributed by atoms with E-state index >= 15 is 0 Å². The number of carbonyl (C=O) groups is 1. The minimum atomic E-state index is -0.505. The van der Waals surface area contributed by atoms with E-state index in [1.807, 2.05) is 0 Å². The van der Waals surface area contributed by atoms with Crippen LogP contribution in [0.5, 0.6) is 5.06 Å². The molecule has 2 rings (SSSR count). The number of hydrogen-bond acceptors (Lipinski definition) is 6.